The molecule has 2 N–H and O–H groups in total. The van der Waals surface area contributed by atoms with Crippen molar-refractivity contribution in [3.63, 3.8) is 0 Å². The Morgan fingerprint density at radius 2 is 1.83 bits per heavy atom. The largest absolute Gasteiger partial charge is 0.317 e. The number of nitrogens with one attached hydrogen (secondary N) is 2. The molecule has 0 aliphatic carbocycles. The lowest BCUT2D eigenvalue weighted by molar-refractivity contribution is -0.388. The Hall–Kier alpha value is -1.51. The van der Waals surface area contributed by atoms with Gasteiger partial charge in [0.1, 0.15) is 0 Å². The van der Waals surface area contributed by atoms with Crippen molar-refractivity contribution in [1.82, 2.24) is 10.0 Å². The van der Waals surface area contributed by atoms with Gasteiger partial charge in [0.2, 0.25) is 10.0 Å². The highest BCUT2D eigenvalue weighted by molar-refractivity contribution is 7.89. The molecule has 1 aliphatic heterocycles. The standard InChI is InChI=1S/C15H23N3O4S/c1-11-4-5-12(2)14(13(11)18(19)20)23(21,22)17-10-15(3)6-8-16-9-7-15/h4-5,16-17H,6-10H2,1-3H3. The molecule has 0 bridgehead atoms. The fraction of sp³-hybridized carbons (Fsp3) is 0.600. The van der Waals surface area contributed by atoms with Gasteiger partial charge in [-0.05, 0) is 50.8 Å². The van der Waals surface area contributed by atoms with Gasteiger partial charge >= 0.3 is 0 Å². The third kappa shape index (κ3) is 3.88. The molecule has 0 unspecified atom stereocenters. The lowest BCUT2D eigenvalue weighted by atomic mass is 9.81. The SMILES string of the molecule is Cc1ccc(C)c(S(=O)(=O)NCC2(C)CCNCC2)c1[N+](=O)[O-]. The topological polar surface area (TPSA) is 101 Å². The highest BCUT2D eigenvalue weighted by atomic mass is 32.2. The quantitative estimate of drug-likeness (QED) is 0.629. The van der Waals surface area contributed by atoms with Crippen LogP contribution in [-0.2, 0) is 10.0 Å². The van der Waals surface area contributed by atoms with E-state index < -0.39 is 14.9 Å². The molecule has 1 aromatic rings. The number of hydrogen-bond donors (Lipinski definition) is 2. The number of hydrogen-bond acceptors (Lipinski definition) is 5. The first-order valence-electron chi connectivity index (χ1n) is 7.61. The molecule has 8 heteroatoms. The number of nitrogens with zero attached hydrogens (tertiary/aromatic N) is 1. The van der Waals surface area contributed by atoms with Gasteiger partial charge < -0.3 is 5.32 Å². The van der Waals surface area contributed by atoms with Crippen molar-refractivity contribution in [2.75, 3.05) is 19.6 Å². The van der Waals surface area contributed by atoms with Crippen molar-refractivity contribution < 1.29 is 13.3 Å². The number of sulfonamides is 1. The molecule has 1 saturated heterocycles. The highest BCUT2D eigenvalue weighted by Crippen LogP contribution is 2.32. The number of rotatable bonds is 5. The minimum Gasteiger partial charge on any atom is -0.317 e. The third-order valence-corrected chi connectivity index (χ3v) is 6.06. The zero-order valence-electron chi connectivity index (χ0n) is 13.7. The van der Waals surface area contributed by atoms with E-state index in [0.717, 1.165) is 25.9 Å². The fourth-order valence-corrected chi connectivity index (χ4v) is 4.55. The average molecular weight is 341 g/mol. The van der Waals surface area contributed by atoms with Gasteiger partial charge in [-0.2, -0.15) is 0 Å². The summed E-state index contributed by atoms with van der Waals surface area (Å²) in [6.45, 7) is 7.14. The van der Waals surface area contributed by atoms with E-state index in [1.165, 1.54) is 0 Å². The van der Waals surface area contributed by atoms with Gasteiger partial charge in [0.25, 0.3) is 5.69 Å². The molecule has 0 spiro atoms. The van der Waals surface area contributed by atoms with E-state index in [-0.39, 0.29) is 22.5 Å². The third-order valence-electron chi connectivity index (χ3n) is 4.48. The first-order chi connectivity index (χ1) is 10.7. The second-order valence-electron chi connectivity index (χ2n) is 6.52. The molecule has 1 fully saturated rings. The zero-order chi connectivity index (χ0) is 17.3. The monoisotopic (exact) mass is 341 g/mol. The van der Waals surface area contributed by atoms with Crippen molar-refractivity contribution in [1.29, 1.82) is 0 Å². The maximum Gasteiger partial charge on any atom is 0.292 e. The Morgan fingerprint density at radius 1 is 1.26 bits per heavy atom. The van der Waals surface area contributed by atoms with Gasteiger partial charge in [-0.1, -0.05) is 19.1 Å². The molecule has 1 aromatic carbocycles. The predicted octanol–water partition coefficient (Wildman–Crippen LogP) is 1.88. The number of piperidine rings is 1. The van der Waals surface area contributed by atoms with Crippen LogP contribution in [0.15, 0.2) is 17.0 Å². The minimum absolute atomic E-state index is 0.134. The van der Waals surface area contributed by atoms with Gasteiger partial charge in [0.05, 0.1) is 4.92 Å². The maximum atomic E-state index is 12.7. The summed E-state index contributed by atoms with van der Waals surface area (Å²) in [5.41, 5.74) is 0.248. The van der Waals surface area contributed by atoms with Crippen LogP contribution >= 0.6 is 0 Å². The Morgan fingerprint density at radius 3 is 2.39 bits per heavy atom. The summed E-state index contributed by atoms with van der Waals surface area (Å²) in [5.74, 6) is 0. The van der Waals surface area contributed by atoms with Gasteiger partial charge in [0.15, 0.2) is 4.90 Å². The number of nitro benzene ring substituents is 1. The van der Waals surface area contributed by atoms with Gasteiger partial charge in [-0.3, -0.25) is 10.1 Å². The summed E-state index contributed by atoms with van der Waals surface area (Å²) >= 11 is 0. The number of benzene rings is 1. The lowest BCUT2D eigenvalue weighted by Gasteiger charge is -2.34. The molecule has 0 atom stereocenters. The van der Waals surface area contributed by atoms with Crippen LogP contribution in [-0.4, -0.2) is 33.0 Å². The first-order valence-corrected chi connectivity index (χ1v) is 9.10. The zero-order valence-corrected chi connectivity index (χ0v) is 14.5. The van der Waals surface area contributed by atoms with E-state index in [0.29, 0.717) is 11.1 Å². The molecule has 0 radical (unpaired) electrons. The van der Waals surface area contributed by atoms with Crippen LogP contribution in [0.3, 0.4) is 0 Å². The Kier molecular flexibility index (Phi) is 5.07. The number of nitro groups is 1. The van der Waals surface area contributed by atoms with Crippen LogP contribution in [0.2, 0.25) is 0 Å². The second kappa shape index (κ2) is 6.54. The molecule has 128 valence electrons. The van der Waals surface area contributed by atoms with Crippen LogP contribution in [0.1, 0.15) is 30.9 Å². The second-order valence-corrected chi connectivity index (χ2v) is 8.22. The van der Waals surface area contributed by atoms with Gasteiger partial charge in [0, 0.05) is 12.1 Å². The predicted molar refractivity (Wildman–Crippen MR) is 88.0 cm³/mol. The first kappa shape index (κ1) is 17.8. The molecule has 1 heterocycles. The summed E-state index contributed by atoms with van der Waals surface area (Å²) < 4.78 is 28.0. The van der Waals surface area contributed by atoms with Crippen molar-refractivity contribution in [3.8, 4) is 0 Å². The molecule has 0 saturated carbocycles. The maximum absolute atomic E-state index is 12.7. The molecule has 23 heavy (non-hydrogen) atoms. The Labute approximate surface area is 136 Å². The normalized spacial score (nSPS) is 17.9. The van der Waals surface area contributed by atoms with Gasteiger partial charge in [-0.15, -0.1) is 0 Å². The fourth-order valence-electron chi connectivity index (χ4n) is 2.89. The van der Waals surface area contributed by atoms with E-state index in [9.17, 15) is 18.5 Å². The molecule has 2 rings (SSSR count). The van der Waals surface area contributed by atoms with E-state index >= 15 is 0 Å². The van der Waals surface area contributed by atoms with Crippen molar-refractivity contribution in [2.45, 2.75) is 38.5 Å². The summed E-state index contributed by atoms with van der Waals surface area (Å²) in [6, 6.07) is 3.17. The Bertz CT molecular complexity index is 710. The van der Waals surface area contributed by atoms with Crippen LogP contribution in [0.5, 0.6) is 0 Å². The van der Waals surface area contributed by atoms with Crippen LogP contribution in [0.4, 0.5) is 5.69 Å². The summed E-state index contributed by atoms with van der Waals surface area (Å²) in [4.78, 5) is 10.5. The smallest absolute Gasteiger partial charge is 0.292 e. The Balaban J connectivity index is 2.33. The van der Waals surface area contributed by atoms with E-state index in [4.69, 9.17) is 0 Å². The molecular formula is C15H23N3O4S. The minimum atomic E-state index is -3.94. The van der Waals surface area contributed by atoms with Gasteiger partial charge in [-0.25, -0.2) is 13.1 Å². The molecule has 0 aromatic heterocycles. The van der Waals surface area contributed by atoms with Crippen LogP contribution in [0, 0.1) is 29.4 Å². The van der Waals surface area contributed by atoms with E-state index in [1.54, 1.807) is 26.0 Å². The number of aryl methyl sites for hydroxylation is 2. The van der Waals surface area contributed by atoms with Crippen LogP contribution in [0.25, 0.3) is 0 Å². The van der Waals surface area contributed by atoms with Crippen molar-refractivity contribution in [2.24, 2.45) is 5.41 Å². The lowest BCUT2D eigenvalue weighted by Crippen LogP contribution is -2.43. The summed E-state index contributed by atoms with van der Waals surface area (Å²) in [5, 5.41) is 14.6. The van der Waals surface area contributed by atoms with Crippen molar-refractivity contribution in [3.05, 3.63) is 33.4 Å². The van der Waals surface area contributed by atoms with E-state index in [2.05, 4.69) is 10.0 Å². The van der Waals surface area contributed by atoms with Crippen molar-refractivity contribution >= 4 is 15.7 Å². The van der Waals surface area contributed by atoms with E-state index in [1.807, 2.05) is 6.92 Å². The average Bonchev–Trinajstić information content (AvgIpc) is 2.48. The molecule has 1 aliphatic rings. The molecular weight excluding hydrogens is 318 g/mol. The van der Waals surface area contributed by atoms with Crippen LogP contribution < -0.4 is 10.0 Å². The summed E-state index contributed by atoms with van der Waals surface area (Å²) in [6.07, 6.45) is 1.73. The summed E-state index contributed by atoms with van der Waals surface area (Å²) in [7, 11) is -3.94. The molecule has 0 amide bonds. The molecule has 7 nitrogen and oxygen atoms in total. The highest BCUT2D eigenvalue weighted by Gasteiger charge is 2.33.